The van der Waals surface area contributed by atoms with E-state index in [9.17, 15) is 4.79 Å². The first-order valence-corrected chi connectivity index (χ1v) is 9.59. The summed E-state index contributed by atoms with van der Waals surface area (Å²) in [5, 5.41) is 6.53. The van der Waals surface area contributed by atoms with E-state index in [1.807, 2.05) is 18.2 Å². The molecule has 3 rings (SSSR count). The van der Waals surface area contributed by atoms with Gasteiger partial charge in [-0.2, -0.15) is 0 Å². The zero-order chi connectivity index (χ0) is 18.9. The molecule has 1 aromatic carbocycles. The van der Waals surface area contributed by atoms with Crippen LogP contribution >= 0.6 is 11.6 Å². The molecule has 1 aromatic heterocycles. The Balaban J connectivity index is 1.49. The molecule has 144 valence electrons. The van der Waals surface area contributed by atoms with Crippen LogP contribution in [0.1, 0.15) is 36.0 Å². The van der Waals surface area contributed by atoms with Gasteiger partial charge in [0, 0.05) is 31.2 Å². The van der Waals surface area contributed by atoms with Gasteiger partial charge in [-0.3, -0.25) is 9.78 Å². The van der Waals surface area contributed by atoms with E-state index < -0.39 is 0 Å². The molecule has 0 spiro atoms. The molecular weight excluding hydrogens is 366 g/mol. The molecular formula is C20H24ClN3O3. The molecule has 2 N–H and O–H groups in total. The Kier molecular flexibility index (Phi) is 7.45. The van der Waals surface area contributed by atoms with Crippen molar-refractivity contribution >= 4 is 28.9 Å². The van der Waals surface area contributed by atoms with Crippen molar-refractivity contribution in [2.75, 3.05) is 30.4 Å². The summed E-state index contributed by atoms with van der Waals surface area (Å²) < 4.78 is 11.3. The van der Waals surface area contributed by atoms with Gasteiger partial charge in [0.05, 0.1) is 22.9 Å². The highest BCUT2D eigenvalue weighted by molar-refractivity contribution is 6.33. The molecule has 1 atom stereocenters. The van der Waals surface area contributed by atoms with Crippen molar-refractivity contribution in [2.24, 2.45) is 0 Å². The van der Waals surface area contributed by atoms with Gasteiger partial charge >= 0.3 is 0 Å². The average molecular weight is 390 g/mol. The summed E-state index contributed by atoms with van der Waals surface area (Å²) in [6, 6.07) is 9.05. The number of nitrogens with one attached hydrogen (secondary N) is 2. The first kappa shape index (κ1) is 19.6. The Morgan fingerprint density at radius 3 is 2.96 bits per heavy atom. The summed E-state index contributed by atoms with van der Waals surface area (Å²) >= 11 is 6.06. The molecule has 1 fully saturated rings. The fourth-order valence-corrected chi connectivity index (χ4v) is 3.02. The van der Waals surface area contributed by atoms with Crippen LogP contribution in [0.3, 0.4) is 0 Å². The normalized spacial score (nSPS) is 16.7. The van der Waals surface area contributed by atoms with Crippen molar-refractivity contribution in [1.82, 2.24) is 4.98 Å². The summed E-state index contributed by atoms with van der Waals surface area (Å²) in [6.45, 7) is 2.11. The first-order valence-electron chi connectivity index (χ1n) is 9.21. The summed E-state index contributed by atoms with van der Waals surface area (Å²) in [5.41, 5.74) is 1.86. The number of aromatic nitrogens is 1. The maximum Gasteiger partial charge on any atom is 0.257 e. The number of benzene rings is 1. The molecule has 7 heteroatoms. The van der Waals surface area contributed by atoms with Crippen LogP contribution in [-0.2, 0) is 9.47 Å². The third-order valence-electron chi connectivity index (χ3n) is 4.27. The van der Waals surface area contributed by atoms with E-state index in [1.54, 1.807) is 18.3 Å². The van der Waals surface area contributed by atoms with Gasteiger partial charge in [0.25, 0.3) is 5.91 Å². The van der Waals surface area contributed by atoms with Crippen LogP contribution in [0.4, 0.5) is 11.4 Å². The predicted octanol–water partition coefficient (Wildman–Crippen LogP) is 4.33. The van der Waals surface area contributed by atoms with Crippen molar-refractivity contribution in [3.05, 3.63) is 53.3 Å². The monoisotopic (exact) mass is 389 g/mol. The minimum Gasteiger partial charge on any atom is -0.384 e. The molecule has 6 nitrogen and oxygen atoms in total. The van der Waals surface area contributed by atoms with E-state index >= 15 is 0 Å². The lowest BCUT2D eigenvalue weighted by molar-refractivity contribution is -0.162. The van der Waals surface area contributed by atoms with E-state index in [4.69, 9.17) is 21.1 Å². The van der Waals surface area contributed by atoms with Gasteiger partial charge in [-0.15, -0.1) is 0 Å². The number of nitrogens with zero attached hydrogens (tertiary/aromatic N) is 1. The van der Waals surface area contributed by atoms with Gasteiger partial charge in [0.1, 0.15) is 0 Å². The van der Waals surface area contributed by atoms with E-state index in [1.165, 1.54) is 6.20 Å². The molecule has 1 unspecified atom stereocenters. The third-order valence-corrected chi connectivity index (χ3v) is 4.57. The fraction of sp³-hybridized carbons (Fsp3) is 0.400. The minimum atomic E-state index is -0.224. The molecule has 0 radical (unpaired) electrons. The number of hydrogen-bond acceptors (Lipinski definition) is 5. The number of ether oxygens (including phenoxy) is 2. The van der Waals surface area contributed by atoms with Crippen molar-refractivity contribution in [2.45, 2.75) is 32.0 Å². The summed E-state index contributed by atoms with van der Waals surface area (Å²) in [6.07, 6.45) is 7.08. The minimum absolute atomic E-state index is 0.0677. The number of carbonyl (C=O) groups is 1. The lowest BCUT2D eigenvalue weighted by atomic mass is 10.1. The summed E-state index contributed by atoms with van der Waals surface area (Å²) in [7, 11) is 0. The number of halogens is 1. The number of amides is 1. The van der Waals surface area contributed by atoms with Gasteiger partial charge in [-0.1, -0.05) is 23.7 Å². The van der Waals surface area contributed by atoms with Gasteiger partial charge in [0.15, 0.2) is 6.29 Å². The fourth-order valence-electron chi connectivity index (χ4n) is 2.85. The van der Waals surface area contributed by atoms with Crippen LogP contribution < -0.4 is 10.6 Å². The maximum absolute atomic E-state index is 12.6. The Morgan fingerprint density at radius 2 is 2.15 bits per heavy atom. The van der Waals surface area contributed by atoms with Crippen LogP contribution in [0.25, 0.3) is 0 Å². The highest BCUT2D eigenvalue weighted by Gasteiger charge is 2.14. The van der Waals surface area contributed by atoms with E-state index in [0.29, 0.717) is 29.4 Å². The molecule has 1 aliphatic rings. The molecule has 2 aromatic rings. The number of carbonyl (C=O) groups excluding carboxylic acids is 1. The van der Waals surface area contributed by atoms with E-state index in [-0.39, 0.29) is 12.2 Å². The Bertz CT molecular complexity index is 751. The summed E-state index contributed by atoms with van der Waals surface area (Å²) in [5.74, 6) is -0.224. The largest absolute Gasteiger partial charge is 0.384 e. The average Bonchev–Trinajstić information content (AvgIpc) is 2.70. The zero-order valence-corrected chi connectivity index (χ0v) is 15.9. The highest BCUT2D eigenvalue weighted by atomic mass is 35.5. The number of para-hydroxylation sites is 1. The second-order valence-electron chi connectivity index (χ2n) is 6.30. The maximum atomic E-state index is 12.6. The SMILES string of the molecule is O=C(Nc1ccncc1Cl)c1ccccc1NCCCOC1CCCCO1. The number of pyridine rings is 1. The van der Waals surface area contributed by atoms with Crippen molar-refractivity contribution in [3.63, 3.8) is 0 Å². The molecule has 0 saturated carbocycles. The van der Waals surface area contributed by atoms with Crippen molar-refractivity contribution < 1.29 is 14.3 Å². The predicted molar refractivity (Wildman–Crippen MR) is 106 cm³/mol. The lowest BCUT2D eigenvalue weighted by Crippen LogP contribution is -2.23. The van der Waals surface area contributed by atoms with E-state index in [0.717, 1.165) is 38.0 Å². The molecule has 0 aliphatic carbocycles. The molecule has 27 heavy (non-hydrogen) atoms. The second-order valence-corrected chi connectivity index (χ2v) is 6.71. The van der Waals surface area contributed by atoms with Crippen molar-refractivity contribution in [3.8, 4) is 0 Å². The Hall–Kier alpha value is -2.15. The van der Waals surface area contributed by atoms with Crippen LogP contribution in [0, 0.1) is 0 Å². The van der Waals surface area contributed by atoms with Crippen LogP contribution in [-0.4, -0.2) is 36.9 Å². The number of rotatable bonds is 8. The second kappa shape index (κ2) is 10.3. The van der Waals surface area contributed by atoms with Crippen molar-refractivity contribution in [1.29, 1.82) is 0 Å². The topological polar surface area (TPSA) is 72.5 Å². The van der Waals surface area contributed by atoms with Gasteiger partial charge in [-0.05, 0) is 43.9 Å². The van der Waals surface area contributed by atoms with Gasteiger partial charge in [0.2, 0.25) is 0 Å². The molecule has 2 heterocycles. The molecule has 0 bridgehead atoms. The van der Waals surface area contributed by atoms with Gasteiger partial charge < -0.3 is 20.1 Å². The Labute approximate surface area is 164 Å². The Morgan fingerprint density at radius 1 is 1.26 bits per heavy atom. The standard InChI is InChI=1S/C20H24ClN3O3/c21-16-14-22-11-9-18(16)24-20(25)15-6-1-2-7-17(15)23-10-5-13-27-19-8-3-4-12-26-19/h1-2,6-7,9,11,14,19,23H,3-5,8,10,12-13H2,(H,22,24,25). The number of hydrogen-bond donors (Lipinski definition) is 2. The van der Waals surface area contributed by atoms with Crippen LogP contribution in [0.15, 0.2) is 42.7 Å². The van der Waals surface area contributed by atoms with Crippen LogP contribution in [0.5, 0.6) is 0 Å². The summed E-state index contributed by atoms with van der Waals surface area (Å²) in [4.78, 5) is 16.5. The zero-order valence-electron chi connectivity index (χ0n) is 15.1. The smallest absolute Gasteiger partial charge is 0.257 e. The molecule has 1 amide bonds. The van der Waals surface area contributed by atoms with Crippen LogP contribution in [0.2, 0.25) is 5.02 Å². The molecule has 1 saturated heterocycles. The van der Waals surface area contributed by atoms with Gasteiger partial charge in [-0.25, -0.2) is 0 Å². The molecule has 1 aliphatic heterocycles. The van der Waals surface area contributed by atoms with E-state index in [2.05, 4.69) is 15.6 Å². The third kappa shape index (κ3) is 5.92. The first-order chi connectivity index (χ1) is 13.2. The quantitative estimate of drug-likeness (QED) is 0.657. The highest BCUT2D eigenvalue weighted by Crippen LogP contribution is 2.22. The number of anilines is 2. The lowest BCUT2D eigenvalue weighted by Gasteiger charge is -2.22.